The van der Waals surface area contributed by atoms with Crippen LogP contribution in [-0.2, 0) is 9.84 Å². The third-order valence-corrected chi connectivity index (χ3v) is 4.84. The summed E-state index contributed by atoms with van der Waals surface area (Å²) < 4.78 is 29.7. The molecule has 6 nitrogen and oxygen atoms in total. The van der Waals surface area contributed by atoms with Crippen LogP contribution < -0.4 is 5.73 Å². The Hall–Kier alpha value is -1.76. The van der Waals surface area contributed by atoms with E-state index in [1.165, 1.54) is 0 Å². The smallest absolute Gasteiger partial charge is 0.154 e. The lowest BCUT2D eigenvalue weighted by molar-refractivity contribution is 0.504. The molecule has 0 unspecified atom stereocenters. The Morgan fingerprint density at radius 2 is 2.33 bits per heavy atom. The molecule has 1 saturated heterocycles. The van der Waals surface area contributed by atoms with Crippen LogP contribution in [0.2, 0.25) is 0 Å². The number of sulfone groups is 1. The van der Waals surface area contributed by atoms with Crippen LogP contribution in [0.4, 0.5) is 5.82 Å². The van der Waals surface area contributed by atoms with Gasteiger partial charge >= 0.3 is 0 Å². The fraction of sp³-hybridized carbons (Fsp3) is 0.364. The highest BCUT2D eigenvalue weighted by atomic mass is 32.2. The standard InChI is InChI=1S/C11H13N3O3S/c12-11-6-9(10-2-1-4-17-10)13-14(11)8-3-5-18(15,16)7-8/h1-2,4,6,8H,3,5,7,12H2/t8-/m0/s1. The minimum Gasteiger partial charge on any atom is -0.463 e. The molecule has 0 spiro atoms. The molecule has 1 aliphatic heterocycles. The molecule has 2 aromatic heterocycles. The molecule has 0 amide bonds. The van der Waals surface area contributed by atoms with Crippen molar-refractivity contribution in [2.24, 2.45) is 0 Å². The van der Waals surface area contributed by atoms with E-state index < -0.39 is 9.84 Å². The van der Waals surface area contributed by atoms with Gasteiger partial charge in [-0.25, -0.2) is 13.1 Å². The van der Waals surface area contributed by atoms with Crippen LogP contribution >= 0.6 is 0 Å². The Kier molecular flexibility index (Phi) is 2.44. The fourth-order valence-corrected chi connectivity index (χ4v) is 3.91. The van der Waals surface area contributed by atoms with E-state index in [1.54, 1.807) is 29.1 Å². The summed E-state index contributed by atoms with van der Waals surface area (Å²) in [5, 5.41) is 4.33. The van der Waals surface area contributed by atoms with Gasteiger partial charge in [-0.3, -0.25) is 0 Å². The maximum absolute atomic E-state index is 11.5. The number of hydrogen-bond acceptors (Lipinski definition) is 5. The number of aromatic nitrogens is 2. The van der Waals surface area contributed by atoms with Gasteiger partial charge in [-0.1, -0.05) is 0 Å². The van der Waals surface area contributed by atoms with E-state index in [0.29, 0.717) is 23.7 Å². The van der Waals surface area contributed by atoms with Crippen molar-refractivity contribution in [3.63, 3.8) is 0 Å². The molecule has 2 aromatic rings. The SMILES string of the molecule is Nc1cc(-c2ccco2)nn1[C@H]1CCS(=O)(=O)C1. The summed E-state index contributed by atoms with van der Waals surface area (Å²) in [6.45, 7) is 0. The average molecular weight is 267 g/mol. The first-order valence-corrected chi connectivity index (χ1v) is 7.47. The molecule has 1 atom stereocenters. The maximum Gasteiger partial charge on any atom is 0.154 e. The first-order valence-electron chi connectivity index (χ1n) is 5.64. The monoisotopic (exact) mass is 267 g/mol. The van der Waals surface area contributed by atoms with Crippen LogP contribution in [0.3, 0.4) is 0 Å². The highest BCUT2D eigenvalue weighted by Gasteiger charge is 2.31. The topological polar surface area (TPSA) is 91.1 Å². The van der Waals surface area contributed by atoms with Gasteiger partial charge in [-0.15, -0.1) is 0 Å². The molecule has 1 aliphatic rings. The van der Waals surface area contributed by atoms with Crippen molar-refractivity contribution in [1.82, 2.24) is 9.78 Å². The van der Waals surface area contributed by atoms with Gasteiger partial charge in [0.25, 0.3) is 0 Å². The second-order valence-corrected chi connectivity index (χ2v) is 6.66. The largest absolute Gasteiger partial charge is 0.463 e. The molecule has 2 N–H and O–H groups in total. The molecular formula is C11H13N3O3S. The Morgan fingerprint density at radius 1 is 1.50 bits per heavy atom. The quantitative estimate of drug-likeness (QED) is 0.879. The highest BCUT2D eigenvalue weighted by molar-refractivity contribution is 7.91. The number of nitrogens with two attached hydrogens (primary N) is 1. The molecule has 3 heterocycles. The average Bonchev–Trinajstić information content (AvgIpc) is 2.97. The third-order valence-electron chi connectivity index (χ3n) is 3.09. The van der Waals surface area contributed by atoms with Gasteiger partial charge in [0, 0.05) is 6.07 Å². The van der Waals surface area contributed by atoms with Gasteiger partial charge in [-0.05, 0) is 18.6 Å². The lowest BCUT2D eigenvalue weighted by Gasteiger charge is -2.09. The van der Waals surface area contributed by atoms with E-state index in [1.807, 2.05) is 0 Å². The molecule has 0 aromatic carbocycles. The second kappa shape index (κ2) is 3.88. The van der Waals surface area contributed by atoms with Crippen molar-refractivity contribution < 1.29 is 12.8 Å². The van der Waals surface area contributed by atoms with Crippen molar-refractivity contribution >= 4 is 15.7 Å². The van der Waals surface area contributed by atoms with Gasteiger partial charge < -0.3 is 10.2 Å². The fourth-order valence-electron chi connectivity index (χ4n) is 2.21. The zero-order valence-electron chi connectivity index (χ0n) is 9.61. The minimum absolute atomic E-state index is 0.108. The number of rotatable bonds is 2. The van der Waals surface area contributed by atoms with Crippen molar-refractivity contribution in [2.45, 2.75) is 12.5 Å². The molecule has 18 heavy (non-hydrogen) atoms. The molecule has 3 rings (SSSR count). The van der Waals surface area contributed by atoms with Crippen LogP contribution in [0.25, 0.3) is 11.5 Å². The first-order chi connectivity index (χ1) is 8.55. The molecule has 7 heteroatoms. The van der Waals surface area contributed by atoms with Crippen molar-refractivity contribution in [3.8, 4) is 11.5 Å². The van der Waals surface area contributed by atoms with Gasteiger partial charge in [0.05, 0.1) is 23.8 Å². The summed E-state index contributed by atoms with van der Waals surface area (Å²) in [4.78, 5) is 0. The van der Waals surface area contributed by atoms with Crippen LogP contribution in [0, 0.1) is 0 Å². The maximum atomic E-state index is 11.5. The Bertz CT molecular complexity index is 658. The molecule has 0 saturated carbocycles. The molecule has 96 valence electrons. The molecule has 0 bridgehead atoms. The highest BCUT2D eigenvalue weighted by Crippen LogP contribution is 2.28. The number of nitrogens with zero attached hydrogens (tertiary/aromatic N) is 2. The Labute approximate surface area is 104 Å². The number of anilines is 1. The lowest BCUT2D eigenvalue weighted by atomic mass is 10.3. The molecule has 1 fully saturated rings. The van der Waals surface area contributed by atoms with E-state index in [4.69, 9.17) is 10.2 Å². The van der Waals surface area contributed by atoms with Gasteiger partial charge in [0.1, 0.15) is 11.5 Å². The summed E-state index contributed by atoms with van der Waals surface area (Å²) in [6.07, 6.45) is 2.12. The molecular weight excluding hydrogens is 254 g/mol. The summed E-state index contributed by atoms with van der Waals surface area (Å²) in [7, 11) is -2.94. The van der Waals surface area contributed by atoms with E-state index in [9.17, 15) is 8.42 Å². The van der Waals surface area contributed by atoms with Crippen molar-refractivity contribution in [1.29, 1.82) is 0 Å². The zero-order valence-corrected chi connectivity index (χ0v) is 10.4. The Morgan fingerprint density at radius 3 is 2.94 bits per heavy atom. The van der Waals surface area contributed by atoms with Gasteiger partial charge in [-0.2, -0.15) is 5.10 Å². The predicted octanol–water partition coefficient (Wildman–Crippen LogP) is 1.08. The van der Waals surface area contributed by atoms with E-state index in [-0.39, 0.29) is 17.5 Å². The lowest BCUT2D eigenvalue weighted by Crippen LogP contribution is -2.14. The van der Waals surface area contributed by atoms with E-state index in [0.717, 1.165) is 0 Å². The van der Waals surface area contributed by atoms with Gasteiger partial charge in [0.2, 0.25) is 0 Å². The number of nitrogen functional groups attached to an aromatic ring is 1. The first kappa shape index (κ1) is 11.3. The Balaban J connectivity index is 1.95. The predicted molar refractivity (Wildman–Crippen MR) is 66.6 cm³/mol. The summed E-state index contributed by atoms with van der Waals surface area (Å²) in [5.41, 5.74) is 6.51. The van der Waals surface area contributed by atoms with Crippen LogP contribution in [0.15, 0.2) is 28.9 Å². The van der Waals surface area contributed by atoms with Crippen molar-refractivity contribution in [3.05, 3.63) is 24.5 Å². The second-order valence-electron chi connectivity index (χ2n) is 4.43. The third kappa shape index (κ3) is 1.90. The van der Waals surface area contributed by atoms with Crippen LogP contribution in [-0.4, -0.2) is 29.7 Å². The summed E-state index contributed by atoms with van der Waals surface area (Å²) in [6, 6.07) is 5.09. The van der Waals surface area contributed by atoms with Gasteiger partial charge in [0.15, 0.2) is 15.6 Å². The summed E-state index contributed by atoms with van der Waals surface area (Å²) >= 11 is 0. The van der Waals surface area contributed by atoms with E-state index >= 15 is 0 Å². The van der Waals surface area contributed by atoms with E-state index in [2.05, 4.69) is 5.10 Å². The normalized spacial score (nSPS) is 22.3. The summed E-state index contributed by atoms with van der Waals surface area (Å²) in [5.74, 6) is 1.40. The minimum atomic E-state index is -2.94. The van der Waals surface area contributed by atoms with Crippen LogP contribution in [0.5, 0.6) is 0 Å². The number of hydrogen-bond donors (Lipinski definition) is 1. The molecule has 0 aliphatic carbocycles. The van der Waals surface area contributed by atoms with Crippen LogP contribution in [0.1, 0.15) is 12.5 Å². The van der Waals surface area contributed by atoms with Crippen molar-refractivity contribution in [2.75, 3.05) is 17.2 Å². The molecule has 0 radical (unpaired) electrons. The zero-order chi connectivity index (χ0) is 12.8. The number of furan rings is 1.